The lowest BCUT2D eigenvalue weighted by Gasteiger charge is -1.95. The van der Waals surface area contributed by atoms with Gasteiger partial charge in [-0.1, -0.05) is 17.7 Å². The summed E-state index contributed by atoms with van der Waals surface area (Å²) in [6, 6.07) is 0. The maximum absolute atomic E-state index is 5.20. The van der Waals surface area contributed by atoms with Gasteiger partial charge in [-0.3, -0.25) is 0 Å². The third-order valence-electron chi connectivity index (χ3n) is 0.537. The molecule has 0 aromatic rings. The topological polar surface area (TPSA) is 21.3 Å². The van der Waals surface area contributed by atoms with Gasteiger partial charge in [-0.15, -0.1) is 0 Å². The van der Waals surface area contributed by atoms with Crippen LogP contribution < -0.4 is 5.48 Å². The van der Waals surface area contributed by atoms with Crippen LogP contribution in [-0.2, 0) is 4.84 Å². The van der Waals surface area contributed by atoms with Crippen molar-refractivity contribution in [3.63, 3.8) is 0 Å². The van der Waals surface area contributed by atoms with Crippen LogP contribution in [0.3, 0.4) is 0 Å². The highest BCUT2D eigenvalue weighted by molar-refractivity contribution is 6.25. The van der Waals surface area contributed by atoms with Gasteiger partial charge >= 0.3 is 0 Å². The van der Waals surface area contributed by atoms with Crippen molar-refractivity contribution in [2.45, 2.75) is 6.92 Å². The minimum Gasteiger partial charge on any atom is -0.302 e. The average molecular weight is 136 g/mol. The van der Waals surface area contributed by atoms with Crippen molar-refractivity contribution in [3.05, 3.63) is 11.6 Å². The summed E-state index contributed by atoms with van der Waals surface area (Å²) in [4.78, 5) is 4.78. The second kappa shape index (κ2) is 6.95. The molecule has 0 rings (SSSR count). The molecule has 0 spiro atoms. The Hall–Kier alpha value is -0.0500. The predicted molar refractivity (Wildman–Crippen MR) is 34.6 cm³/mol. The van der Waals surface area contributed by atoms with E-state index in [0.717, 1.165) is 0 Å². The molecule has 48 valence electrons. The average Bonchev–Trinajstić information content (AvgIpc) is 1.81. The van der Waals surface area contributed by atoms with Gasteiger partial charge in [-0.2, -0.15) is 5.48 Å². The molecular weight excluding hydrogens is 126 g/mol. The van der Waals surface area contributed by atoms with Gasteiger partial charge in [-0.05, 0) is 6.92 Å². The number of halogens is 1. The van der Waals surface area contributed by atoms with Crippen LogP contribution in [0.15, 0.2) is 11.6 Å². The largest absolute Gasteiger partial charge is 0.302 e. The third kappa shape index (κ3) is 5.95. The zero-order valence-electron chi connectivity index (χ0n) is 4.86. The van der Waals surface area contributed by atoms with E-state index in [2.05, 4.69) is 5.48 Å². The second-order valence-corrected chi connectivity index (χ2v) is 1.40. The Bertz CT molecular complexity index is 65.4. The van der Waals surface area contributed by atoms with Crippen LogP contribution >= 0.6 is 11.6 Å². The van der Waals surface area contributed by atoms with Crippen LogP contribution in [0, 0.1) is 0 Å². The van der Waals surface area contributed by atoms with E-state index in [9.17, 15) is 0 Å². The van der Waals surface area contributed by atoms with Crippen LogP contribution in [0.2, 0.25) is 0 Å². The molecule has 0 radical (unpaired) electrons. The Morgan fingerprint density at radius 1 is 1.75 bits per heavy atom. The molecule has 0 aliphatic carbocycles. The van der Waals surface area contributed by atoms with Gasteiger partial charge in [0.2, 0.25) is 0 Å². The van der Waals surface area contributed by atoms with Gasteiger partial charge in [0.1, 0.15) is 0 Å². The Labute approximate surface area is 54.4 Å². The molecule has 2 nitrogen and oxygen atoms in total. The van der Waals surface area contributed by atoms with E-state index in [4.69, 9.17) is 16.4 Å². The van der Waals surface area contributed by atoms with Gasteiger partial charge < -0.3 is 4.84 Å². The second-order valence-electron chi connectivity index (χ2n) is 1.14. The van der Waals surface area contributed by atoms with Gasteiger partial charge in [0.05, 0.1) is 6.61 Å². The molecule has 0 fully saturated rings. The molecule has 0 bridgehead atoms. The van der Waals surface area contributed by atoms with Crippen molar-refractivity contribution >= 4 is 11.6 Å². The highest BCUT2D eigenvalue weighted by Gasteiger charge is 1.74. The summed E-state index contributed by atoms with van der Waals surface area (Å²) in [5, 5.41) is 0. The van der Waals surface area contributed by atoms with Crippen molar-refractivity contribution in [1.82, 2.24) is 5.48 Å². The summed E-state index contributed by atoms with van der Waals surface area (Å²) in [7, 11) is 0. The van der Waals surface area contributed by atoms with Gasteiger partial charge in [0.15, 0.2) is 0 Å². The molecule has 0 heterocycles. The number of rotatable bonds is 4. The fourth-order valence-corrected chi connectivity index (χ4v) is 0.343. The smallest absolute Gasteiger partial charge is 0.0654 e. The molecule has 0 aromatic heterocycles. The van der Waals surface area contributed by atoms with E-state index in [1.54, 1.807) is 6.08 Å². The summed E-state index contributed by atoms with van der Waals surface area (Å²) in [6.07, 6.45) is 1.76. The molecule has 0 amide bonds. The van der Waals surface area contributed by atoms with Crippen LogP contribution in [0.5, 0.6) is 0 Å². The SMILES string of the molecule is CCONC/C=C/Cl. The minimum absolute atomic E-state index is 0.664. The van der Waals surface area contributed by atoms with Gasteiger partial charge in [0, 0.05) is 12.1 Å². The van der Waals surface area contributed by atoms with E-state index in [0.29, 0.717) is 13.2 Å². The van der Waals surface area contributed by atoms with E-state index in [1.807, 2.05) is 6.92 Å². The van der Waals surface area contributed by atoms with Crippen molar-refractivity contribution in [3.8, 4) is 0 Å². The zero-order chi connectivity index (χ0) is 6.24. The molecule has 0 unspecified atom stereocenters. The molecule has 1 N–H and O–H groups in total. The normalized spacial score (nSPS) is 10.8. The number of hydrogen-bond acceptors (Lipinski definition) is 2. The maximum Gasteiger partial charge on any atom is 0.0654 e. The lowest BCUT2D eigenvalue weighted by molar-refractivity contribution is 0.0588. The standard InChI is InChI=1S/C5H10ClNO/c1-2-8-7-5-3-4-6/h3-4,7H,2,5H2,1H3/b4-3+. The minimum atomic E-state index is 0.664. The van der Waals surface area contributed by atoms with Crippen LogP contribution in [-0.4, -0.2) is 13.2 Å². The molecule has 0 saturated carbocycles. The van der Waals surface area contributed by atoms with Crippen molar-refractivity contribution in [1.29, 1.82) is 0 Å². The zero-order valence-corrected chi connectivity index (χ0v) is 5.61. The van der Waals surface area contributed by atoms with E-state index in [1.165, 1.54) is 5.54 Å². The lowest BCUT2D eigenvalue weighted by Crippen LogP contribution is -2.13. The number of hydroxylamine groups is 1. The van der Waals surface area contributed by atoms with Crippen molar-refractivity contribution in [2.75, 3.05) is 13.2 Å². The fraction of sp³-hybridized carbons (Fsp3) is 0.600. The van der Waals surface area contributed by atoms with Crippen LogP contribution in [0.4, 0.5) is 0 Å². The summed E-state index contributed by atoms with van der Waals surface area (Å²) >= 11 is 5.20. The predicted octanol–water partition coefficient (Wildman–Crippen LogP) is 1.28. The number of hydrogen-bond donors (Lipinski definition) is 1. The first-order valence-corrected chi connectivity index (χ1v) is 2.95. The Kier molecular flexibility index (Phi) is 6.91. The molecule has 0 aliphatic heterocycles. The Morgan fingerprint density at radius 3 is 3.00 bits per heavy atom. The summed E-state index contributed by atoms with van der Waals surface area (Å²) < 4.78 is 0. The fourth-order valence-electron chi connectivity index (χ4n) is 0.254. The van der Waals surface area contributed by atoms with Crippen molar-refractivity contribution in [2.24, 2.45) is 0 Å². The van der Waals surface area contributed by atoms with Crippen LogP contribution in [0.1, 0.15) is 6.92 Å². The van der Waals surface area contributed by atoms with Gasteiger partial charge in [-0.25, -0.2) is 0 Å². The monoisotopic (exact) mass is 135 g/mol. The van der Waals surface area contributed by atoms with E-state index < -0.39 is 0 Å². The molecule has 0 saturated heterocycles. The summed E-state index contributed by atoms with van der Waals surface area (Å²) in [5.74, 6) is 0. The highest BCUT2D eigenvalue weighted by atomic mass is 35.5. The third-order valence-corrected chi connectivity index (χ3v) is 0.715. The quantitative estimate of drug-likeness (QED) is 0.463. The number of nitrogens with one attached hydrogen (secondary N) is 1. The molecule has 8 heavy (non-hydrogen) atoms. The summed E-state index contributed by atoms with van der Waals surface area (Å²) in [6.45, 7) is 3.25. The molecule has 0 aromatic carbocycles. The summed E-state index contributed by atoms with van der Waals surface area (Å²) in [5.41, 5.74) is 4.12. The molecule has 0 atom stereocenters. The van der Waals surface area contributed by atoms with Crippen molar-refractivity contribution < 1.29 is 4.84 Å². The first-order valence-electron chi connectivity index (χ1n) is 2.51. The Balaban J connectivity index is 2.72. The van der Waals surface area contributed by atoms with Crippen LogP contribution in [0.25, 0.3) is 0 Å². The molecule has 3 heteroatoms. The highest BCUT2D eigenvalue weighted by Crippen LogP contribution is 1.74. The first-order chi connectivity index (χ1) is 3.91. The lowest BCUT2D eigenvalue weighted by atomic mass is 10.7. The van der Waals surface area contributed by atoms with Gasteiger partial charge in [0.25, 0.3) is 0 Å². The van der Waals surface area contributed by atoms with E-state index >= 15 is 0 Å². The molecule has 0 aliphatic rings. The van der Waals surface area contributed by atoms with E-state index in [-0.39, 0.29) is 0 Å². The first kappa shape index (κ1) is 7.95. The molecular formula is C5H10ClNO. The Morgan fingerprint density at radius 2 is 2.50 bits per heavy atom. The maximum atomic E-state index is 5.20.